The van der Waals surface area contributed by atoms with Crippen LogP contribution in [-0.2, 0) is 10.2 Å². The average Bonchev–Trinajstić information content (AvgIpc) is 3.01. The molecule has 1 fully saturated rings. The van der Waals surface area contributed by atoms with Gasteiger partial charge in [0.1, 0.15) is 11.2 Å². The first-order valence-electron chi connectivity index (χ1n) is 9.63. The summed E-state index contributed by atoms with van der Waals surface area (Å²) in [5, 5.41) is 13.3. The smallest absolute Gasteiger partial charge is 0.273 e. The van der Waals surface area contributed by atoms with Crippen molar-refractivity contribution in [3.8, 4) is 5.75 Å². The van der Waals surface area contributed by atoms with Crippen LogP contribution in [0.3, 0.4) is 0 Å². The number of aromatic hydroxyl groups is 1. The Kier molecular flexibility index (Phi) is 4.81. The molecule has 28 heavy (non-hydrogen) atoms. The predicted molar refractivity (Wildman–Crippen MR) is 100 cm³/mol. The SMILES string of the molecule is O=C1Nc2c(C(F)C(F)F)cccc2C1(c1ccccc1O)C1CCCCC1. The fourth-order valence-corrected chi connectivity index (χ4v) is 4.97. The third kappa shape index (κ3) is 2.69. The summed E-state index contributed by atoms with van der Waals surface area (Å²) < 4.78 is 40.4. The highest BCUT2D eigenvalue weighted by Gasteiger charge is 2.55. The average molecular weight is 389 g/mol. The predicted octanol–water partition coefficient (Wildman–Crippen LogP) is 5.49. The number of carbonyl (C=O) groups is 1. The fourth-order valence-electron chi connectivity index (χ4n) is 4.97. The summed E-state index contributed by atoms with van der Waals surface area (Å²) in [6, 6.07) is 11.1. The zero-order valence-electron chi connectivity index (χ0n) is 15.3. The van der Waals surface area contributed by atoms with Crippen LogP contribution in [0.5, 0.6) is 5.75 Å². The van der Waals surface area contributed by atoms with Crippen molar-refractivity contribution in [3.63, 3.8) is 0 Å². The molecule has 2 unspecified atom stereocenters. The first-order chi connectivity index (χ1) is 13.5. The zero-order chi connectivity index (χ0) is 19.9. The monoisotopic (exact) mass is 389 g/mol. The molecule has 1 heterocycles. The van der Waals surface area contributed by atoms with Crippen LogP contribution in [0, 0.1) is 5.92 Å². The van der Waals surface area contributed by atoms with Crippen molar-refractivity contribution in [2.45, 2.75) is 50.1 Å². The van der Waals surface area contributed by atoms with Gasteiger partial charge in [0.05, 0.1) is 5.69 Å². The van der Waals surface area contributed by atoms with E-state index in [1.165, 1.54) is 18.2 Å². The van der Waals surface area contributed by atoms with Gasteiger partial charge in [0.25, 0.3) is 6.43 Å². The van der Waals surface area contributed by atoms with Crippen LogP contribution in [0.15, 0.2) is 42.5 Å². The first kappa shape index (κ1) is 18.8. The lowest BCUT2D eigenvalue weighted by Crippen LogP contribution is -2.43. The molecule has 2 atom stereocenters. The van der Waals surface area contributed by atoms with Gasteiger partial charge in [0.2, 0.25) is 5.91 Å². The van der Waals surface area contributed by atoms with Gasteiger partial charge in [-0.3, -0.25) is 4.79 Å². The van der Waals surface area contributed by atoms with E-state index in [-0.39, 0.29) is 28.8 Å². The number of carbonyl (C=O) groups excluding carboxylic acids is 1. The zero-order valence-corrected chi connectivity index (χ0v) is 15.3. The topological polar surface area (TPSA) is 49.3 Å². The molecule has 6 heteroatoms. The van der Waals surface area contributed by atoms with Crippen molar-refractivity contribution in [1.82, 2.24) is 0 Å². The Morgan fingerprint density at radius 2 is 1.64 bits per heavy atom. The second-order valence-electron chi connectivity index (χ2n) is 7.62. The third-order valence-electron chi connectivity index (χ3n) is 6.18. The minimum Gasteiger partial charge on any atom is -0.508 e. The van der Waals surface area contributed by atoms with Crippen LogP contribution in [0.4, 0.5) is 18.9 Å². The number of para-hydroxylation sites is 2. The number of rotatable bonds is 4. The van der Waals surface area contributed by atoms with Crippen molar-refractivity contribution < 1.29 is 23.1 Å². The molecule has 1 aliphatic carbocycles. The van der Waals surface area contributed by atoms with E-state index in [1.807, 2.05) is 0 Å². The molecule has 1 amide bonds. The maximum atomic E-state index is 14.3. The van der Waals surface area contributed by atoms with Crippen LogP contribution in [0.1, 0.15) is 55.0 Å². The summed E-state index contributed by atoms with van der Waals surface area (Å²) in [7, 11) is 0. The number of alkyl halides is 3. The quantitative estimate of drug-likeness (QED) is 0.727. The van der Waals surface area contributed by atoms with Crippen LogP contribution in [-0.4, -0.2) is 17.4 Å². The Labute approximate surface area is 161 Å². The van der Waals surface area contributed by atoms with Gasteiger partial charge in [-0.05, 0) is 30.4 Å². The molecule has 0 saturated heterocycles. The van der Waals surface area contributed by atoms with Gasteiger partial charge in [-0.15, -0.1) is 0 Å². The summed E-state index contributed by atoms with van der Waals surface area (Å²) in [4.78, 5) is 13.4. The second-order valence-corrected chi connectivity index (χ2v) is 7.62. The molecule has 0 spiro atoms. The Hall–Kier alpha value is -2.50. The number of phenols is 1. The summed E-state index contributed by atoms with van der Waals surface area (Å²) in [5.74, 6) is -0.507. The highest BCUT2D eigenvalue weighted by molar-refractivity contribution is 6.10. The number of anilines is 1. The molecule has 1 aliphatic heterocycles. The second kappa shape index (κ2) is 7.15. The van der Waals surface area contributed by atoms with E-state index in [4.69, 9.17) is 0 Å². The molecule has 0 bridgehead atoms. The van der Waals surface area contributed by atoms with Gasteiger partial charge in [-0.1, -0.05) is 55.7 Å². The number of amides is 1. The van der Waals surface area contributed by atoms with Crippen molar-refractivity contribution in [1.29, 1.82) is 0 Å². The van der Waals surface area contributed by atoms with Crippen molar-refractivity contribution in [3.05, 3.63) is 59.2 Å². The molecule has 3 nitrogen and oxygen atoms in total. The van der Waals surface area contributed by atoms with Crippen molar-refractivity contribution in [2.24, 2.45) is 5.92 Å². The standard InChI is InChI=1S/C22H22F3NO2/c23-18(20(24)25)14-9-6-11-16-19(14)26-21(28)22(16,13-7-2-1-3-8-13)15-10-4-5-12-17(15)27/h4-6,9-13,18,20,27H,1-3,7-8H2,(H,26,28). The van der Waals surface area contributed by atoms with E-state index in [1.54, 1.807) is 24.3 Å². The van der Waals surface area contributed by atoms with Crippen LogP contribution < -0.4 is 5.32 Å². The molecule has 1 saturated carbocycles. The van der Waals surface area contributed by atoms with Crippen molar-refractivity contribution >= 4 is 11.6 Å². The van der Waals surface area contributed by atoms with Gasteiger partial charge in [-0.25, -0.2) is 13.2 Å². The van der Waals surface area contributed by atoms with E-state index < -0.39 is 18.0 Å². The highest BCUT2D eigenvalue weighted by Crippen LogP contribution is 2.55. The number of phenolic OH excluding ortho intramolecular Hbond substituents is 1. The highest BCUT2D eigenvalue weighted by atomic mass is 19.3. The van der Waals surface area contributed by atoms with Gasteiger partial charge in [-0.2, -0.15) is 0 Å². The van der Waals surface area contributed by atoms with E-state index in [9.17, 15) is 23.1 Å². The lowest BCUT2D eigenvalue weighted by Gasteiger charge is -2.39. The molecule has 0 aromatic heterocycles. The van der Waals surface area contributed by atoms with Gasteiger partial charge < -0.3 is 10.4 Å². The van der Waals surface area contributed by atoms with Crippen LogP contribution in [0.25, 0.3) is 0 Å². The third-order valence-corrected chi connectivity index (χ3v) is 6.18. The van der Waals surface area contributed by atoms with E-state index in [0.717, 1.165) is 32.1 Å². The molecule has 0 radical (unpaired) electrons. The summed E-state index contributed by atoms with van der Waals surface area (Å²) in [6.07, 6.45) is -1.14. The summed E-state index contributed by atoms with van der Waals surface area (Å²) in [5.41, 5.74) is -0.378. The number of nitrogens with one attached hydrogen (secondary N) is 1. The molecule has 148 valence electrons. The Morgan fingerprint density at radius 3 is 2.32 bits per heavy atom. The molecule has 2 aromatic carbocycles. The van der Waals surface area contributed by atoms with Crippen LogP contribution >= 0.6 is 0 Å². The van der Waals surface area contributed by atoms with E-state index in [2.05, 4.69) is 5.32 Å². The maximum Gasteiger partial charge on any atom is 0.273 e. The molecular weight excluding hydrogens is 367 g/mol. The molecule has 4 rings (SSSR count). The molecule has 2 aromatic rings. The number of hydrogen-bond acceptors (Lipinski definition) is 2. The summed E-state index contributed by atoms with van der Waals surface area (Å²) in [6.45, 7) is 0. The molecule has 2 N–H and O–H groups in total. The minimum absolute atomic E-state index is 0.0212. The number of benzene rings is 2. The number of hydrogen-bond donors (Lipinski definition) is 2. The molecular formula is C22H22F3NO2. The lowest BCUT2D eigenvalue weighted by atomic mass is 9.61. The van der Waals surface area contributed by atoms with E-state index in [0.29, 0.717) is 11.1 Å². The minimum atomic E-state index is -3.18. The number of fused-ring (bicyclic) bond motifs is 1. The van der Waals surface area contributed by atoms with Gasteiger partial charge in [0.15, 0.2) is 6.17 Å². The maximum absolute atomic E-state index is 14.3. The largest absolute Gasteiger partial charge is 0.508 e. The molecule has 2 aliphatic rings. The first-order valence-corrected chi connectivity index (χ1v) is 9.63. The van der Waals surface area contributed by atoms with Gasteiger partial charge in [0, 0.05) is 11.1 Å². The Balaban J connectivity index is 1.98. The van der Waals surface area contributed by atoms with E-state index >= 15 is 0 Å². The lowest BCUT2D eigenvalue weighted by molar-refractivity contribution is -0.121. The Bertz CT molecular complexity index is 895. The normalized spacial score (nSPS) is 23.5. The number of halogens is 3. The Morgan fingerprint density at radius 1 is 0.964 bits per heavy atom. The van der Waals surface area contributed by atoms with Gasteiger partial charge >= 0.3 is 0 Å². The fraction of sp³-hybridized carbons (Fsp3) is 0.409. The van der Waals surface area contributed by atoms with Crippen molar-refractivity contribution in [2.75, 3.05) is 5.32 Å². The summed E-state index contributed by atoms with van der Waals surface area (Å²) >= 11 is 0. The van der Waals surface area contributed by atoms with Crippen LogP contribution in [0.2, 0.25) is 0 Å².